The molecule has 0 spiro atoms. The SMILES string of the molecule is CC(=O)Nc1ccc(N2C(=O)C(Nc3ccc(C(C)C)cc3)=C(c3cccs3)C2=O)cc1. The molecule has 2 aromatic carbocycles. The highest BCUT2D eigenvalue weighted by atomic mass is 32.1. The Kier molecular flexibility index (Phi) is 5.92. The summed E-state index contributed by atoms with van der Waals surface area (Å²) in [6, 6.07) is 18.2. The van der Waals surface area contributed by atoms with Crippen molar-refractivity contribution in [3.05, 3.63) is 82.2 Å². The molecule has 0 aliphatic carbocycles. The summed E-state index contributed by atoms with van der Waals surface area (Å²) in [5, 5.41) is 7.74. The van der Waals surface area contributed by atoms with E-state index in [1.807, 2.05) is 41.8 Å². The lowest BCUT2D eigenvalue weighted by atomic mass is 10.0. The number of nitrogens with zero attached hydrogens (tertiary/aromatic N) is 1. The van der Waals surface area contributed by atoms with Crippen LogP contribution < -0.4 is 15.5 Å². The van der Waals surface area contributed by atoms with Crippen molar-refractivity contribution < 1.29 is 14.4 Å². The number of amides is 3. The van der Waals surface area contributed by atoms with Gasteiger partial charge >= 0.3 is 0 Å². The molecule has 0 unspecified atom stereocenters. The lowest BCUT2D eigenvalue weighted by Gasteiger charge is -2.16. The van der Waals surface area contributed by atoms with Crippen molar-refractivity contribution in [3.8, 4) is 0 Å². The molecular formula is C25H23N3O3S. The Labute approximate surface area is 190 Å². The van der Waals surface area contributed by atoms with E-state index in [0.29, 0.717) is 22.9 Å². The molecule has 7 heteroatoms. The lowest BCUT2D eigenvalue weighted by molar-refractivity contribution is -0.120. The van der Waals surface area contributed by atoms with Crippen LogP contribution in [-0.2, 0) is 14.4 Å². The fourth-order valence-electron chi connectivity index (χ4n) is 3.52. The maximum atomic E-state index is 13.4. The molecule has 1 aromatic heterocycles. The average molecular weight is 446 g/mol. The first-order valence-electron chi connectivity index (χ1n) is 10.3. The van der Waals surface area contributed by atoms with Gasteiger partial charge in [-0.2, -0.15) is 0 Å². The van der Waals surface area contributed by atoms with E-state index in [0.717, 1.165) is 15.5 Å². The second kappa shape index (κ2) is 8.80. The number of imide groups is 1. The van der Waals surface area contributed by atoms with E-state index in [1.165, 1.54) is 23.8 Å². The molecular weight excluding hydrogens is 422 g/mol. The third kappa shape index (κ3) is 4.20. The Morgan fingerprint density at radius 1 is 0.906 bits per heavy atom. The van der Waals surface area contributed by atoms with Crippen molar-refractivity contribution in [2.75, 3.05) is 15.5 Å². The van der Waals surface area contributed by atoms with Gasteiger partial charge in [0.2, 0.25) is 5.91 Å². The van der Waals surface area contributed by atoms with Crippen LogP contribution in [0, 0.1) is 0 Å². The minimum Gasteiger partial charge on any atom is -0.350 e. The van der Waals surface area contributed by atoms with Gasteiger partial charge in [0.25, 0.3) is 11.8 Å². The van der Waals surface area contributed by atoms with E-state index in [2.05, 4.69) is 24.5 Å². The zero-order valence-electron chi connectivity index (χ0n) is 18.0. The topological polar surface area (TPSA) is 78.5 Å². The van der Waals surface area contributed by atoms with Gasteiger partial charge in [-0.05, 0) is 59.3 Å². The summed E-state index contributed by atoms with van der Waals surface area (Å²) in [4.78, 5) is 39.9. The average Bonchev–Trinajstić information content (AvgIpc) is 3.36. The second-order valence-electron chi connectivity index (χ2n) is 7.80. The number of hydrogen-bond donors (Lipinski definition) is 2. The van der Waals surface area contributed by atoms with Gasteiger partial charge in [-0.25, -0.2) is 4.90 Å². The van der Waals surface area contributed by atoms with Gasteiger partial charge in [-0.15, -0.1) is 11.3 Å². The van der Waals surface area contributed by atoms with Crippen LogP contribution in [0.3, 0.4) is 0 Å². The third-order valence-electron chi connectivity index (χ3n) is 5.14. The van der Waals surface area contributed by atoms with Crippen LogP contribution in [0.4, 0.5) is 17.1 Å². The van der Waals surface area contributed by atoms with E-state index in [-0.39, 0.29) is 17.5 Å². The minimum atomic E-state index is -0.418. The fourth-order valence-corrected chi connectivity index (χ4v) is 4.29. The molecule has 0 saturated carbocycles. The molecule has 6 nitrogen and oxygen atoms in total. The van der Waals surface area contributed by atoms with Gasteiger partial charge in [-0.3, -0.25) is 14.4 Å². The van der Waals surface area contributed by atoms with E-state index in [9.17, 15) is 14.4 Å². The highest BCUT2D eigenvalue weighted by molar-refractivity contribution is 7.11. The number of thiophene rings is 1. The van der Waals surface area contributed by atoms with Crippen LogP contribution in [0.2, 0.25) is 0 Å². The standard InChI is InChI=1S/C25H23N3O3S/c1-15(2)17-6-8-19(9-7-17)27-23-22(21-5-4-14-32-21)24(30)28(25(23)31)20-12-10-18(11-13-20)26-16(3)29/h4-15,27H,1-3H3,(H,26,29). The van der Waals surface area contributed by atoms with Crippen molar-refractivity contribution >= 4 is 51.7 Å². The van der Waals surface area contributed by atoms with Crippen LogP contribution in [0.25, 0.3) is 5.57 Å². The summed E-state index contributed by atoms with van der Waals surface area (Å²) >= 11 is 1.41. The second-order valence-corrected chi connectivity index (χ2v) is 8.75. The summed E-state index contributed by atoms with van der Waals surface area (Å²) in [5.41, 5.74) is 3.57. The van der Waals surface area contributed by atoms with Crippen molar-refractivity contribution in [2.45, 2.75) is 26.7 Å². The Bertz CT molecular complexity index is 1190. The molecule has 1 aliphatic heterocycles. The van der Waals surface area contributed by atoms with E-state index in [4.69, 9.17) is 0 Å². The predicted molar refractivity (Wildman–Crippen MR) is 129 cm³/mol. The Hall–Kier alpha value is -3.71. The summed E-state index contributed by atoms with van der Waals surface area (Å²) in [7, 11) is 0. The first-order valence-corrected chi connectivity index (χ1v) is 11.1. The molecule has 2 heterocycles. The molecule has 0 fully saturated rings. The highest BCUT2D eigenvalue weighted by Crippen LogP contribution is 2.36. The number of carbonyl (C=O) groups excluding carboxylic acids is 3. The molecule has 0 saturated heterocycles. The molecule has 0 bridgehead atoms. The molecule has 0 atom stereocenters. The smallest absolute Gasteiger partial charge is 0.282 e. The molecule has 1 aliphatic rings. The molecule has 3 amide bonds. The van der Waals surface area contributed by atoms with Crippen molar-refractivity contribution in [1.82, 2.24) is 0 Å². The molecule has 0 radical (unpaired) electrons. The fraction of sp³-hybridized carbons (Fsp3) is 0.160. The molecule has 2 N–H and O–H groups in total. The summed E-state index contributed by atoms with van der Waals surface area (Å²) in [5.74, 6) is -0.595. The highest BCUT2D eigenvalue weighted by Gasteiger charge is 2.40. The predicted octanol–water partition coefficient (Wildman–Crippen LogP) is 5.23. The van der Waals surface area contributed by atoms with Gasteiger partial charge < -0.3 is 10.6 Å². The van der Waals surface area contributed by atoms with E-state index >= 15 is 0 Å². The van der Waals surface area contributed by atoms with Crippen molar-refractivity contribution in [2.24, 2.45) is 0 Å². The monoisotopic (exact) mass is 445 g/mol. The Morgan fingerprint density at radius 2 is 1.56 bits per heavy atom. The molecule has 4 rings (SSSR count). The van der Waals surface area contributed by atoms with Crippen molar-refractivity contribution in [3.63, 3.8) is 0 Å². The molecule has 162 valence electrons. The third-order valence-corrected chi connectivity index (χ3v) is 6.03. The van der Waals surface area contributed by atoms with Gasteiger partial charge in [0.1, 0.15) is 5.70 Å². The zero-order valence-corrected chi connectivity index (χ0v) is 18.8. The van der Waals surface area contributed by atoms with Crippen LogP contribution in [0.1, 0.15) is 37.1 Å². The van der Waals surface area contributed by atoms with Crippen LogP contribution in [0.5, 0.6) is 0 Å². The normalized spacial score (nSPS) is 13.8. The maximum absolute atomic E-state index is 13.4. The first-order chi connectivity index (χ1) is 15.3. The van der Waals surface area contributed by atoms with Gasteiger partial charge in [0, 0.05) is 23.2 Å². The number of benzene rings is 2. The lowest BCUT2D eigenvalue weighted by Crippen LogP contribution is -2.32. The van der Waals surface area contributed by atoms with Crippen molar-refractivity contribution in [1.29, 1.82) is 0 Å². The number of anilines is 3. The number of rotatable bonds is 6. The minimum absolute atomic E-state index is 0.192. The van der Waals surface area contributed by atoms with E-state index < -0.39 is 5.91 Å². The largest absolute Gasteiger partial charge is 0.350 e. The Morgan fingerprint density at radius 3 is 2.12 bits per heavy atom. The summed E-state index contributed by atoms with van der Waals surface area (Å²) < 4.78 is 0. The van der Waals surface area contributed by atoms with Crippen LogP contribution in [-0.4, -0.2) is 17.7 Å². The molecule has 32 heavy (non-hydrogen) atoms. The number of hydrogen-bond acceptors (Lipinski definition) is 5. The quantitative estimate of drug-likeness (QED) is 0.510. The van der Waals surface area contributed by atoms with Gasteiger partial charge in [0.15, 0.2) is 0 Å². The first kappa shape index (κ1) is 21.5. The number of carbonyl (C=O) groups is 3. The zero-order chi connectivity index (χ0) is 22.8. The summed E-state index contributed by atoms with van der Waals surface area (Å²) in [6.45, 7) is 5.66. The summed E-state index contributed by atoms with van der Waals surface area (Å²) in [6.07, 6.45) is 0. The van der Waals surface area contributed by atoms with E-state index in [1.54, 1.807) is 24.3 Å². The van der Waals surface area contributed by atoms with Gasteiger partial charge in [-0.1, -0.05) is 32.0 Å². The van der Waals surface area contributed by atoms with Gasteiger partial charge in [0.05, 0.1) is 11.3 Å². The Balaban J connectivity index is 1.68. The maximum Gasteiger partial charge on any atom is 0.282 e. The molecule has 3 aromatic rings. The van der Waals surface area contributed by atoms with Crippen LogP contribution in [0.15, 0.2) is 71.7 Å². The number of nitrogens with one attached hydrogen (secondary N) is 2. The van der Waals surface area contributed by atoms with Crippen LogP contribution >= 0.6 is 11.3 Å².